The van der Waals surface area contributed by atoms with Crippen LogP contribution in [0.15, 0.2) is 17.5 Å². The van der Waals surface area contributed by atoms with Gasteiger partial charge in [-0.15, -0.1) is 11.3 Å². The fourth-order valence-corrected chi connectivity index (χ4v) is 2.43. The predicted octanol–water partition coefficient (Wildman–Crippen LogP) is 2.49. The first-order valence-corrected chi connectivity index (χ1v) is 7.77. The Labute approximate surface area is 125 Å². The van der Waals surface area contributed by atoms with Crippen LogP contribution in [0.25, 0.3) is 0 Å². The topological polar surface area (TPSA) is 55.6 Å². The molecule has 1 amide bonds. The van der Waals surface area contributed by atoms with Gasteiger partial charge in [0, 0.05) is 31.0 Å². The summed E-state index contributed by atoms with van der Waals surface area (Å²) in [4.78, 5) is 15.4. The van der Waals surface area contributed by atoms with Crippen LogP contribution in [-0.2, 0) is 16.1 Å². The number of carbonyl (C=O) groups is 1. The SMILES string of the molecule is COCCN(Cc1cccs1)C(=O)CC(N)C(C)(C)C. The number of hydrogen-bond donors (Lipinski definition) is 1. The van der Waals surface area contributed by atoms with Crippen molar-refractivity contribution in [3.63, 3.8) is 0 Å². The third-order valence-corrected chi connectivity index (χ3v) is 4.21. The molecule has 20 heavy (non-hydrogen) atoms. The van der Waals surface area contributed by atoms with Crippen molar-refractivity contribution < 1.29 is 9.53 Å². The molecule has 0 radical (unpaired) electrons. The largest absolute Gasteiger partial charge is 0.383 e. The average Bonchev–Trinajstić information content (AvgIpc) is 2.85. The Hall–Kier alpha value is -0.910. The van der Waals surface area contributed by atoms with Gasteiger partial charge in [-0.1, -0.05) is 26.8 Å². The van der Waals surface area contributed by atoms with E-state index in [-0.39, 0.29) is 17.4 Å². The van der Waals surface area contributed by atoms with E-state index in [0.29, 0.717) is 26.1 Å². The van der Waals surface area contributed by atoms with Gasteiger partial charge in [-0.05, 0) is 16.9 Å². The summed E-state index contributed by atoms with van der Waals surface area (Å²) in [6, 6.07) is 3.91. The van der Waals surface area contributed by atoms with Crippen LogP contribution in [0.1, 0.15) is 32.1 Å². The fourth-order valence-electron chi connectivity index (χ4n) is 1.71. The first kappa shape index (κ1) is 17.1. The third kappa shape index (κ3) is 5.61. The van der Waals surface area contributed by atoms with Crippen molar-refractivity contribution in [2.45, 2.75) is 39.8 Å². The standard InChI is InChI=1S/C15H26N2O2S/c1-15(2,3)13(16)10-14(18)17(7-8-19-4)11-12-6-5-9-20-12/h5-6,9,13H,7-8,10-11,16H2,1-4H3. The molecule has 1 atom stereocenters. The molecule has 1 aromatic rings. The second-order valence-corrected chi connectivity index (χ2v) is 7.10. The Morgan fingerprint density at radius 1 is 1.50 bits per heavy atom. The summed E-state index contributed by atoms with van der Waals surface area (Å²) in [6.45, 7) is 7.96. The summed E-state index contributed by atoms with van der Waals surface area (Å²) in [5.74, 6) is 0.0953. The first-order valence-electron chi connectivity index (χ1n) is 6.89. The van der Waals surface area contributed by atoms with Gasteiger partial charge in [0.15, 0.2) is 0 Å². The highest BCUT2D eigenvalue weighted by molar-refractivity contribution is 7.09. The molecule has 0 aromatic carbocycles. The van der Waals surface area contributed by atoms with Crippen LogP contribution in [0, 0.1) is 5.41 Å². The third-order valence-electron chi connectivity index (χ3n) is 3.35. The molecule has 0 saturated heterocycles. The zero-order valence-corrected chi connectivity index (χ0v) is 13.7. The van der Waals surface area contributed by atoms with Gasteiger partial charge in [0.1, 0.15) is 0 Å². The van der Waals surface area contributed by atoms with E-state index >= 15 is 0 Å². The lowest BCUT2D eigenvalue weighted by molar-refractivity contribution is -0.133. The quantitative estimate of drug-likeness (QED) is 0.841. The lowest BCUT2D eigenvalue weighted by atomic mass is 9.85. The van der Waals surface area contributed by atoms with Crippen LogP contribution < -0.4 is 5.73 Å². The summed E-state index contributed by atoms with van der Waals surface area (Å²) < 4.78 is 5.09. The lowest BCUT2D eigenvalue weighted by Crippen LogP contribution is -2.42. The maximum absolute atomic E-state index is 12.4. The highest BCUT2D eigenvalue weighted by Gasteiger charge is 2.25. The maximum atomic E-state index is 12.4. The molecule has 0 saturated carbocycles. The van der Waals surface area contributed by atoms with E-state index in [4.69, 9.17) is 10.5 Å². The number of methoxy groups -OCH3 is 1. The molecule has 0 aliphatic rings. The summed E-state index contributed by atoms with van der Waals surface area (Å²) >= 11 is 1.66. The summed E-state index contributed by atoms with van der Waals surface area (Å²) in [7, 11) is 1.65. The number of ether oxygens (including phenoxy) is 1. The fraction of sp³-hybridized carbons (Fsp3) is 0.667. The normalized spacial score (nSPS) is 13.2. The zero-order valence-electron chi connectivity index (χ0n) is 12.9. The van der Waals surface area contributed by atoms with Crippen LogP contribution in [0.2, 0.25) is 0 Å². The number of hydrogen-bond acceptors (Lipinski definition) is 4. The molecule has 0 spiro atoms. The maximum Gasteiger partial charge on any atom is 0.224 e. The van der Waals surface area contributed by atoms with Gasteiger partial charge in [-0.25, -0.2) is 0 Å². The van der Waals surface area contributed by atoms with E-state index in [9.17, 15) is 4.79 Å². The zero-order chi connectivity index (χ0) is 15.2. The van der Waals surface area contributed by atoms with Crippen LogP contribution in [0.4, 0.5) is 0 Å². The van der Waals surface area contributed by atoms with Crippen LogP contribution >= 0.6 is 11.3 Å². The van der Waals surface area contributed by atoms with Crippen molar-refractivity contribution in [1.29, 1.82) is 0 Å². The van der Waals surface area contributed by atoms with Gasteiger partial charge in [-0.3, -0.25) is 4.79 Å². The second kappa shape index (κ2) is 7.76. The van der Waals surface area contributed by atoms with Crippen molar-refractivity contribution in [3.8, 4) is 0 Å². The van der Waals surface area contributed by atoms with Crippen molar-refractivity contribution in [3.05, 3.63) is 22.4 Å². The highest BCUT2D eigenvalue weighted by atomic mass is 32.1. The molecule has 5 heteroatoms. The number of rotatable bonds is 7. The smallest absolute Gasteiger partial charge is 0.224 e. The van der Waals surface area contributed by atoms with Crippen molar-refractivity contribution in [2.24, 2.45) is 11.1 Å². The minimum absolute atomic E-state index is 0.0640. The summed E-state index contributed by atoms with van der Waals surface area (Å²) in [5, 5.41) is 2.02. The van der Waals surface area contributed by atoms with Crippen LogP contribution in [0.3, 0.4) is 0 Å². The molecule has 1 heterocycles. The molecule has 0 fully saturated rings. The van der Waals surface area contributed by atoms with Gasteiger partial charge < -0.3 is 15.4 Å². The first-order chi connectivity index (χ1) is 9.34. The monoisotopic (exact) mass is 298 g/mol. The Balaban J connectivity index is 2.64. The number of carbonyl (C=O) groups excluding carboxylic acids is 1. The Morgan fingerprint density at radius 2 is 2.20 bits per heavy atom. The van der Waals surface area contributed by atoms with E-state index in [1.54, 1.807) is 18.4 Å². The van der Waals surface area contributed by atoms with Gasteiger partial charge in [0.25, 0.3) is 0 Å². The van der Waals surface area contributed by atoms with E-state index in [1.165, 1.54) is 4.88 Å². The van der Waals surface area contributed by atoms with Crippen molar-refractivity contribution >= 4 is 17.2 Å². The lowest BCUT2D eigenvalue weighted by Gasteiger charge is -2.29. The van der Waals surface area contributed by atoms with E-state index < -0.39 is 0 Å². The molecular weight excluding hydrogens is 272 g/mol. The number of nitrogens with two attached hydrogens (primary N) is 1. The van der Waals surface area contributed by atoms with Gasteiger partial charge >= 0.3 is 0 Å². The summed E-state index contributed by atoms with van der Waals surface area (Å²) in [6.07, 6.45) is 0.374. The van der Waals surface area contributed by atoms with Crippen molar-refractivity contribution in [1.82, 2.24) is 4.90 Å². The van der Waals surface area contributed by atoms with Crippen LogP contribution in [0.5, 0.6) is 0 Å². The van der Waals surface area contributed by atoms with E-state index in [0.717, 1.165) is 0 Å². The average molecular weight is 298 g/mol. The van der Waals surface area contributed by atoms with E-state index in [1.807, 2.05) is 22.4 Å². The minimum atomic E-state index is -0.136. The van der Waals surface area contributed by atoms with Gasteiger partial charge in [0.05, 0.1) is 13.2 Å². The Morgan fingerprint density at radius 3 is 2.70 bits per heavy atom. The molecule has 0 bridgehead atoms. The molecule has 114 valence electrons. The number of nitrogens with zero attached hydrogens (tertiary/aromatic N) is 1. The van der Waals surface area contributed by atoms with Gasteiger partial charge in [-0.2, -0.15) is 0 Å². The molecule has 1 rings (SSSR count). The van der Waals surface area contributed by atoms with E-state index in [2.05, 4.69) is 20.8 Å². The number of amides is 1. The van der Waals surface area contributed by atoms with Gasteiger partial charge in [0.2, 0.25) is 5.91 Å². The molecule has 0 aliphatic carbocycles. The number of thiophene rings is 1. The molecule has 1 unspecified atom stereocenters. The predicted molar refractivity (Wildman–Crippen MR) is 83.7 cm³/mol. The Kier molecular flexibility index (Phi) is 6.65. The Bertz CT molecular complexity index is 399. The molecule has 0 aliphatic heterocycles. The summed E-state index contributed by atoms with van der Waals surface area (Å²) in [5.41, 5.74) is 6.05. The molecule has 2 N–H and O–H groups in total. The van der Waals surface area contributed by atoms with Crippen LogP contribution in [-0.4, -0.2) is 37.1 Å². The molecular formula is C15H26N2O2S. The minimum Gasteiger partial charge on any atom is -0.383 e. The molecule has 4 nitrogen and oxygen atoms in total. The van der Waals surface area contributed by atoms with Crippen molar-refractivity contribution in [2.75, 3.05) is 20.3 Å². The highest BCUT2D eigenvalue weighted by Crippen LogP contribution is 2.21. The second-order valence-electron chi connectivity index (χ2n) is 6.06. The molecule has 1 aromatic heterocycles.